The van der Waals surface area contributed by atoms with Crippen LogP contribution in [-0.4, -0.2) is 31.8 Å². The molecule has 0 aliphatic carbocycles. The molecular formula is C14H18N2O3. The van der Waals surface area contributed by atoms with Gasteiger partial charge in [-0.3, -0.25) is 4.79 Å². The normalized spacial score (nSPS) is 26.2. The van der Waals surface area contributed by atoms with Crippen LogP contribution in [-0.2, 0) is 9.53 Å². The maximum absolute atomic E-state index is 12.3. The number of fused-ring (bicyclic) bond motifs is 1. The fourth-order valence-corrected chi connectivity index (χ4v) is 2.60. The number of ether oxygens (including phenoxy) is 2. The van der Waals surface area contributed by atoms with Crippen molar-refractivity contribution in [1.82, 2.24) is 0 Å². The highest BCUT2D eigenvalue weighted by Gasteiger charge is 2.33. The SMILES string of the molecule is CC1Oc2cc(N)ccc2N(CC2CCOC2)C1=O. The zero-order valence-corrected chi connectivity index (χ0v) is 11.0. The molecule has 3 rings (SSSR count). The van der Waals surface area contributed by atoms with Crippen molar-refractivity contribution in [3.8, 4) is 5.75 Å². The van der Waals surface area contributed by atoms with Crippen LogP contribution in [0, 0.1) is 5.92 Å². The molecule has 1 amide bonds. The molecule has 0 spiro atoms. The van der Waals surface area contributed by atoms with Crippen LogP contribution in [0.2, 0.25) is 0 Å². The second kappa shape index (κ2) is 4.74. The van der Waals surface area contributed by atoms with E-state index in [0.29, 0.717) is 23.9 Å². The summed E-state index contributed by atoms with van der Waals surface area (Å²) in [6.07, 6.45) is 0.542. The summed E-state index contributed by atoms with van der Waals surface area (Å²) < 4.78 is 11.0. The minimum Gasteiger partial charge on any atom is -0.479 e. The van der Waals surface area contributed by atoms with E-state index in [9.17, 15) is 4.79 Å². The Hall–Kier alpha value is -1.75. The minimum atomic E-state index is -0.461. The summed E-state index contributed by atoms with van der Waals surface area (Å²) in [5.74, 6) is 1.09. The van der Waals surface area contributed by atoms with Gasteiger partial charge in [0.1, 0.15) is 5.75 Å². The second-order valence-electron chi connectivity index (χ2n) is 5.17. The summed E-state index contributed by atoms with van der Waals surface area (Å²) in [4.78, 5) is 14.1. The van der Waals surface area contributed by atoms with Gasteiger partial charge in [0.2, 0.25) is 0 Å². The summed E-state index contributed by atoms with van der Waals surface area (Å²) in [6.45, 7) is 3.97. The van der Waals surface area contributed by atoms with E-state index in [0.717, 1.165) is 25.3 Å². The van der Waals surface area contributed by atoms with Crippen LogP contribution < -0.4 is 15.4 Å². The van der Waals surface area contributed by atoms with Gasteiger partial charge in [0.05, 0.1) is 12.3 Å². The van der Waals surface area contributed by atoms with Gasteiger partial charge in [0, 0.05) is 30.8 Å². The lowest BCUT2D eigenvalue weighted by atomic mass is 10.1. The fourth-order valence-electron chi connectivity index (χ4n) is 2.60. The third-order valence-corrected chi connectivity index (χ3v) is 3.66. The number of carbonyl (C=O) groups is 1. The smallest absolute Gasteiger partial charge is 0.267 e. The molecule has 2 unspecified atom stereocenters. The van der Waals surface area contributed by atoms with Crippen molar-refractivity contribution in [3.05, 3.63) is 18.2 Å². The molecule has 2 aliphatic heterocycles. The van der Waals surface area contributed by atoms with Crippen molar-refractivity contribution in [3.63, 3.8) is 0 Å². The van der Waals surface area contributed by atoms with Gasteiger partial charge in [0.15, 0.2) is 6.10 Å². The second-order valence-corrected chi connectivity index (χ2v) is 5.17. The first-order chi connectivity index (χ1) is 9.15. The molecule has 1 aromatic rings. The molecule has 2 atom stereocenters. The first-order valence-electron chi connectivity index (χ1n) is 6.60. The molecule has 1 fully saturated rings. The number of anilines is 2. The van der Waals surface area contributed by atoms with E-state index in [4.69, 9.17) is 15.2 Å². The number of nitrogen functional groups attached to an aromatic ring is 1. The van der Waals surface area contributed by atoms with E-state index >= 15 is 0 Å². The number of amides is 1. The minimum absolute atomic E-state index is 0.00386. The van der Waals surface area contributed by atoms with Crippen LogP contribution in [0.15, 0.2) is 18.2 Å². The van der Waals surface area contributed by atoms with Gasteiger partial charge in [0.25, 0.3) is 5.91 Å². The zero-order chi connectivity index (χ0) is 13.4. The number of carbonyl (C=O) groups excluding carboxylic acids is 1. The van der Waals surface area contributed by atoms with Crippen LogP contribution in [0.5, 0.6) is 5.75 Å². The molecule has 19 heavy (non-hydrogen) atoms. The van der Waals surface area contributed by atoms with Crippen molar-refractivity contribution in [2.45, 2.75) is 19.4 Å². The van der Waals surface area contributed by atoms with Crippen molar-refractivity contribution >= 4 is 17.3 Å². The predicted molar refractivity (Wildman–Crippen MR) is 72.2 cm³/mol. The lowest BCUT2D eigenvalue weighted by molar-refractivity contribution is -0.125. The van der Waals surface area contributed by atoms with Crippen molar-refractivity contribution in [1.29, 1.82) is 0 Å². The largest absolute Gasteiger partial charge is 0.479 e. The average molecular weight is 262 g/mol. The van der Waals surface area contributed by atoms with Crippen LogP contribution in [0.3, 0.4) is 0 Å². The highest BCUT2D eigenvalue weighted by Crippen LogP contribution is 2.36. The molecule has 2 heterocycles. The van der Waals surface area contributed by atoms with Gasteiger partial charge in [-0.2, -0.15) is 0 Å². The molecule has 0 aromatic heterocycles. The van der Waals surface area contributed by atoms with Crippen LogP contribution in [0.4, 0.5) is 11.4 Å². The Morgan fingerprint density at radius 2 is 2.32 bits per heavy atom. The van der Waals surface area contributed by atoms with Crippen molar-refractivity contribution < 1.29 is 14.3 Å². The first kappa shape index (κ1) is 12.3. The Kier molecular flexibility index (Phi) is 3.06. The molecule has 102 valence electrons. The fraction of sp³-hybridized carbons (Fsp3) is 0.500. The highest BCUT2D eigenvalue weighted by atomic mass is 16.5. The molecule has 1 aromatic carbocycles. The molecule has 5 heteroatoms. The maximum atomic E-state index is 12.3. The quantitative estimate of drug-likeness (QED) is 0.819. The molecule has 2 aliphatic rings. The Labute approximate surface area is 112 Å². The third-order valence-electron chi connectivity index (χ3n) is 3.66. The zero-order valence-electron chi connectivity index (χ0n) is 11.0. The summed E-state index contributed by atoms with van der Waals surface area (Å²) >= 11 is 0. The molecule has 0 saturated carbocycles. The molecule has 2 N–H and O–H groups in total. The number of nitrogens with two attached hydrogens (primary N) is 1. The molecule has 0 radical (unpaired) electrons. The van der Waals surface area contributed by atoms with E-state index in [1.54, 1.807) is 19.1 Å². The van der Waals surface area contributed by atoms with E-state index in [1.807, 2.05) is 11.0 Å². The molecule has 5 nitrogen and oxygen atoms in total. The van der Waals surface area contributed by atoms with Crippen LogP contribution >= 0.6 is 0 Å². The van der Waals surface area contributed by atoms with Crippen molar-refractivity contribution in [2.24, 2.45) is 5.92 Å². The van der Waals surface area contributed by atoms with E-state index < -0.39 is 6.10 Å². The summed E-state index contributed by atoms with van der Waals surface area (Å²) in [5.41, 5.74) is 7.22. The van der Waals surface area contributed by atoms with E-state index in [2.05, 4.69) is 0 Å². The third kappa shape index (κ3) is 2.26. The molecular weight excluding hydrogens is 244 g/mol. The number of benzene rings is 1. The standard InChI is InChI=1S/C14H18N2O3/c1-9-14(17)16(7-10-4-5-18-8-10)12-3-2-11(15)6-13(12)19-9/h2-3,6,9-10H,4-5,7-8,15H2,1H3. The highest BCUT2D eigenvalue weighted by molar-refractivity contribution is 6.00. The Bertz CT molecular complexity index is 497. The van der Waals surface area contributed by atoms with Gasteiger partial charge in [-0.1, -0.05) is 0 Å². The average Bonchev–Trinajstić information content (AvgIpc) is 2.87. The maximum Gasteiger partial charge on any atom is 0.267 e. The summed E-state index contributed by atoms with van der Waals surface area (Å²) in [6, 6.07) is 5.42. The van der Waals surface area contributed by atoms with E-state index in [1.165, 1.54) is 0 Å². The predicted octanol–water partition coefficient (Wildman–Crippen LogP) is 1.42. The topological polar surface area (TPSA) is 64.8 Å². The van der Waals surface area contributed by atoms with Crippen molar-refractivity contribution in [2.75, 3.05) is 30.4 Å². The molecule has 0 bridgehead atoms. The summed E-state index contributed by atoms with van der Waals surface area (Å²) in [7, 11) is 0. The van der Waals surface area contributed by atoms with Crippen LogP contribution in [0.1, 0.15) is 13.3 Å². The van der Waals surface area contributed by atoms with Gasteiger partial charge < -0.3 is 20.1 Å². The Morgan fingerprint density at radius 3 is 3.05 bits per heavy atom. The number of hydrogen-bond acceptors (Lipinski definition) is 4. The lowest BCUT2D eigenvalue weighted by Gasteiger charge is -2.34. The van der Waals surface area contributed by atoms with Gasteiger partial charge in [-0.15, -0.1) is 0 Å². The van der Waals surface area contributed by atoms with Gasteiger partial charge >= 0.3 is 0 Å². The number of rotatable bonds is 2. The first-order valence-corrected chi connectivity index (χ1v) is 6.60. The number of hydrogen-bond donors (Lipinski definition) is 1. The van der Waals surface area contributed by atoms with E-state index in [-0.39, 0.29) is 5.91 Å². The number of nitrogens with zero attached hydrogens (tertiary/aromatic N) is 1. The lowest BCUT2D eigenvalue weighted by Crippen LogP contribution is -2.46. The Balaban J connectivity index is 1.90. The van der Waals surface area contributed by atoms with Crippen LogP contribution in [0.25, 0.3) is 0 Å². The Morgan fingerprint density at radius 1 is 1.47 bits per heavy atom. The summed E-state index contributed by atoms with van der Waals surface area (Å²) in [5, 5.41) is 0. The van der Waals surface area contributed by atoms with Gasteiger partial charge in [-0.25, -0.2) is 0 Å². The monoisotopic (exact) mass is 262 g/mol. The van der Waals surface area contributed by atoms with Gasteiger partial charge in [-0.05, 0) is 25.5 Å². The molecule has 1 saturated heterocycles.